The molecule has 1 aromatic carbocycles. The van der Waals surface area contributed by atoms with E-state index in [9.17, 15) is 5.26 Å². The van der Waals surface area contributed by atoms with Gasteiger partial charge in [0.2, 0.25) is 0 Å². The van der Waals surface area contributed by atoms with Crippen molar-refractivity contribution in [1.82, 2.24) is 0 Å². The summed E-state index contributed by atoms with van der Waals surface area (Å²) >= 11 is 0. The van der Waals surface area contributed by atoms with Gasteiger partial charge >= 0.3 is 0 Å². The Balaban J connectivity index is 2.14. The molecule has 19 heavy (non-hydrogen) atoms. The van der Waals surface area contributed by atoms with Gasteiger partial charge in [-0.1, -0.05) is 25.5 Å². The number of methoxy groups -OCH3 is 1. The summed E-state index contributed by atoms with van der Waals surface area (Å²) in [6.07, 6.45) is 5.31. The summed E-state index contributed by atoms with van der Waals surface area (Å²) in [5.41, 5.74) is 0.488. The van der Waals surface area contributed by atoms with Crippen molar-refractivity contribution >= 4 is 5.69 Å². The molecule has 1 fully saturated rings. The number of rotatable bonds is 4. The third-order valence-electron chi connectivity index (χ3n) is 4.23. The van der Waals surface area contributed by atoms with E-state index in [2.05, 4.69) is 18.3 Å². The van der Waals surface area contributed by atoms with Crippen molar-refractivity contribution in [2.24, 2.45) is 5.92 Å². The zero-order valence-corrected chi connectivity index (χ0v) is 11.8. The van der Waals surface area contributed by atoms with Gasteiger partial charge in [-0.2, -0.15) is 5.26 Å². The third kappa shape index (κ3) is 3.01. The fraction of sp³-hybridized carbons (Fsp3) is 0.562. The van der Waals surface area contributed by atoms with Crippen molar-refractivity contribution in [3.8, 4) is 11.8 Å². The predicted octanol–water partition coefficient (Wildman–Crippen LogP) is 3.97. The van der Waals surface area contributed by atoms with E-state index in [0.29, 0.717) is 0 Å². The molecule has 1 aromatic rings. The van der Waals surface area contributed by atoms with E-state index in [1.165, 1.54) is 6.42 Å². The van der Waals surface area contributed by atoms with Crippen LogP contribution in [-0.2, 0) is 0 Å². The molecule has 3 nitrogen and oxygen atoms in total. The molecule has 0 bridgehead atoms. The molecule has 0 amide bonds. The first-order valence-corrected chi connectivity index (χ1v) is 7.05. The molecule has 1 aliphatic rings. The van der Waals surface area contributed by atoms with Crippen LogP contribution in [0.5, 0.6) is 5.75 Å². The van der Waals surface area contributed by atoms with Gasteiger partial charge in [-0.25, -0.2) is 0 Å². The summed E-state index contributed by atoms with van der Waals surface area (Å²) in [6.45, 7) is 2.23. The quantitative estimate of drug-likeness (QED) is 0.888. The first kappa shape index (κ1) is 13.7. The van der Waals surface area contributed by atoms with Gasteiger partial charge in [-0.15, -0.1) is 0 Å². The van der Waals surface area contributed by atoms with E-state index in [0.717, 1.165) is 43.0 Å². The summed E-state index contributed by atoms with van der Waals surface area (Å²) in [7, 11) is 1.66. The second-order valence-corrected chi connectivity index (χ2v) is 5.37. The third-order valence-corrected chi connectivity index (χ3v) is 4.23. The Morgan fingerprint density at radius 2 is 2.05 bits per heavy atom. The zero-order valence-electron chi connectivity index (χ0n) is 11.8. The van der Waals surface area contributed by atoms with Gasteiger partial charge in [0.15, 0.2) is 0 Å². The number of benzene rings is 1. The minimum atomic E-state index is -0.430. The minimum Gasteiger partial charge on any atom is -0.495 e. The van der Waals surface area contributed by atoms with Crippen molar-refractivity contribution in [3.63, 3.8) is 0 Å². The summed E-state index contributed by atoms with van der Waals surface area (Å²) in [5.74, 6) is 1.58. The van der Waals surface area contributed by atoms with Crippen molar-refractivity contribution in [3.05, 3.63) is 24.3 Å². The van der Waals surface area contributed by atoms with Gasteiger partial charge in [0.05, 0.1) is 18.9 Å². The topological polar surface area (TPSA) is 45.0 Å². The van der Waals surface area contributed by atoms with Crippen LogP contribution in [0, 0.1) is 17.2 Å². The molecular weight excluding hydrogens is 236 g/mol. The molecule has 0 heterocycles. The highest BCUT2D eigenvalue weighted by Crippen LogP contribution is 2.37. The second-order valence-electron chi connectivity index (χ2n) is 5.37. The molecule has 102 valence electrons. The smallest absolute Gasteiger partial charge is 0.141 e. The lowest BCUT2D eigenvalue weighted by Crippen LogP contribution is -2.40. The Bertz CT molecular complexity index is 456. The monoisotopic (exact) mass is 258 g/mol. The van der Waals surface area contributed by atoms with Crippen LogP contribution in [0.2, 0.25) is 0 Å². The predicted molar refractivity (Wildman–Crippen MR) is 77.2 cm³/mol. The number of hydrogen-bond donors (Lipinski definition) is 1. The van der Waals surface area contributed by atoms with Gasteiger partial charge in [0.25, 0.3) is 0 Å². The van der Waals surface area contributed by atoms with E-state index >= 15 is 0 Å². The maximum atomic E-state index is 9.57. The molecule has 0 saturated heterocycles. The number of hydrogen-bond acceptors (Lipinski definition) is 3. The van der Waals surface area contributed by atoms with Crippen molar-refractivity contribution in [2.45, 2.75) is 44.6 Å². The van der Waals surface area contributed by atoms with Crippen LogP contribution in [0.3, 0.4) is 0 Å². The first-order valence-electron chi connectivity index (χ1n) is 7.05. The Labute approximate surface area is 115 Å². The van der Waals surface area contributed by atoms with E-state index in [-0.39, 0.29) is 0 Å². The molecule has 1 saturated carbocycles. The molecule has 0 aromatic heterocycles. The van der Waals surface area contributed by atoms with Gasteiger partial charge in [0.1, 0.15) is 11.3 Å². The molecule has 0 unspecified atom stereocenters. The molecule has 1 aliphatic carbocycles. The van der Waals surface area contributed by atoms with Crippen LogP contribution in [0.4, 0.5) is 5.69 Å². The molecule has 3 heteroatoms. The van der Waals surface area contributed by atoms with Crippen LogP contribution in [0.1, 0.15) is 39.0 Å². The molecule has 0 atom stereocenters. The minimum absolute atomic E-state index is 0.430. The largest absolute Gasteiger partial charge is 0.495 e. The number of para-hydroxylation sites is 2. The number of nitrogens with zero attached hydrogens (tertiary/aromatic N) is 1. The SMILES string of the molecule is CCC1CCC(C#N)(Nc2ccccc2OC)CC1. The van der Waals surface area contributed by atoms with Gasteiger partial charge in [0, 0.05) is 0 Å². The molecule has 0 spiro atoms. The van der Waals surface area contributed by atoms with Crippen molar-refractivity contribution in [1.29, 1.82) is 5.26 Å². The lowest BCUT2D eigenvalue weighted by Gasteiger charge is -2.36. The molecule has 2 rings (SSSR count). The van der Waals surface area contributed by atoms with Crippen molar-refractivity contribution in [2.75, 3.05) is 12.4 Å². The highest BCUT2D eigenvalue weighted by Gasteiger charge is 2.35. The average Bonchev–Trinajstić information content (AvgIpc) is 2.48. The van der Waals surface area contributed by atoms with Crippen LogP contribution in [0.25, 0.3) is 0 Å². The van der Waals surface area contributed by atoms with Crippen molar-refractivity contribution < 1.29 is 4.74 Å². The number of ether oxygens (including phenoxy) is 1. The van der Waals surface area contributed by atoms with E-state index < -0.39 is 5.54 Å². The van der Waals surface area contributed by atoms with E-state index in [1.807, 2.05) is 24.3 Å². The average molecular weight is 258 g/mol. The summed E-state index contributed by atoms with van der Waals surface area (Å²) in [5, 5.41) is 13.0. The first-order chi connectivity index (χ1) is 9.23. The Morgan fingerprint density at radius 3 is 2.63 bits per heavy atom. The van der Waals surface area contributed by atoms with Crippen LogP contribution < -0.4 is 10.1 Å². The number of nitrogens with one attached hydrogen (secondary N) is 1. The summed E-state index contributed by atoms with van der Waals surface area (Å²) < 4.78 is 5.35. The Kier molecular flexibility index (Phi) is 4.31. The van der Waals surface area contributed by atoms with Crippen LogP contribution >= 0.6 is 0 Å². The normalized spacial score (nSPS) is 26.5. The van der Waals surface area contributed by atoms with Gasteiger partial charge < -0.3 is 10.1 Å². The van der Waals surface area contributed by atoms with Gasteiger partial charge in [-0.3, -0.25) is 0 Å². The summed E-state index contributed by atoms with van der Waals surface area (Å²) in [6, 6.07) is 10.3. The standard InChI is InChI=1S/C16H22N2O/c1-3-13-8-10-16(12-17,11-9-13)18-14-6-4-5-7-15(14)19-2/h4-7,13,18H,3,8-11H2,1-2H3. The highest BCUT2D eigenvalue weighted by atomic mass is 16.5. The fourth-order valence-corrected chi connectivity index (χ4v) is 2.85. The molecular formula is C16H22N2O. The molecule has 1 N–H and O–H groups in total. The number of nitriles is 1. The molecule has 0 aliphatic heterocycles. The number of anilines is 1. The highest BCUT2D eigenvalue weighted by molar-refractivity contribution is 5.58. The van der Waals surface area contributed by atoms with E-state index in [4.69, 9.17) is 4.74 Å². The van der Waals surface area contributed by atoms with Crippen LogP contribution in [-0.4, -0.2) is 12.6 Å². The Hall–Kier alpha value is -1.69. The second kappa shape index (κ2) is 5.97. The van der Waals surface area contributed by atoms with E-state index in [1.54, 1.807) is 7.11 Å². The van der Waals surface area contributed by atoms with Gasteiger partial charge in [-0.05, 0) is 43.7 Å². The maximum absolute atomic E-state index is 9.57. The molecule has 0 radical (unpaired) electrons. The summed E-state index contributed by atoms with van der Waals surface area (Å²) in [4.78, 5) is 0. The maximum Gasteiger partial charge on any atom is 0.141 e. The zero-order chi connectivity index (χ0) is 13.7. The fourth-order valence-electron chi connectivity index (χ4n) is 2.85. The lowest BCUT2D eigenvalue weighted by atomic mass is 9.76. The Morgan fingerprint density at radius 1 is 1.37 bits per heavy atom. The van der Waals surface area contributed by atoms with Crippen LogP contribution in [0.15, 0.2) is 24.3 Å². The lowest BCUT2D eigenvalue weighted by molar-refractivity contribution is 0.289.